The number of nitrogens with two attached hydrogens (primary N) is 1. The number of rotatable bonds is 7. The van der Waals surface area contributed by atoms with Gasteiger partial charge in [-0.05, 0) is 56.7 Å². The summed E-state index contributed by atoms with van der Waals surface area (Å²) in [5.41, 5.74) is -1.19. The zero-order valence-corrected chi connectivity index (χ0v) is 23.0. The first-order valence-electron chi connectivity index (χ1n) is 12.1. The van der Waals surface area contributed by atoms with Gasteiger partial charge in [0.15, 0.2) is 0 Å². The molecule has 2 aromatic heterocycles. The van der Waals surface area contributed by atoms with Crippen LogP contribution in [0.2, 0.25) is 0 Å². The molecule has 2 aliphatic carbocycles. The predicted molar refractivity (Wildman–Crippen MR) is 152 cm³/mol. The van der Waals surface area contributed by atoms with Crippen molar-refractivity contribution in [2.75, 3.05) is 16.3 Å². The van der Waals surface area contributed by atoms with Crippen LogP contribution in [0.5, 0.6) is 0 Å². The maximum Gasteiger partial charge on any atom is 0.336 e. The third-order valence-electron chi connectivity index (χ3n) is 6.82. The van der Waals surface area contributed by atoms with Gasteiger partial charge in [0.25, 0.3) is 21.3 Å². The lowest BCUT2D eigenvalue weighted by atomic mass is 10.1. The minimum absolute atomic E-state index is 0.0339. The van der Waals surface area contributed by atoms with Crippen molar-refractivity contribution in [2.45, 2.75) is 37.5 Å². The fraction of sp³-hybridized carbons (Fsp3) is 0.320. The Kier molecular flexibility index (Phi) is 6.81. The normalized spacial score (nSPS) is 17.6. The quantitative estimate of drug-likeness (QED) is 0.392. The molecule has 206 valence electrons. The molecule has 0 spiro atoms. The topological polar surface area (TPSA) is 150 Å². The first-order chi connectivity index (χ1) is 18.4. The number of fused-ring (bicyclic) bond motifs is 1. The molecule has 1 saturated carbocycles. The SMILES string of the molecule is CSC1C=C(F)C(Nc2c3c(=O)n(C4CC4)c(=O)n(-c4cccc(NS(N)(=O)=O)c4)c3c(C)c(=O)n2C)=CC1. The molecule has 0 aliphatic heterocycles. The van der Waals surface area contributed by atoms with E-state index >= 15 is 4.39 Å². The number of aryl methyl sites for hydroxylation is 1. The number of benzene rings is 1. The number of aromatic nitrogens is 3. The second-order valence-electron chi connectivity index (χ2n) is 9.55. The van der Waals surface area contributed by atoms with Crippen molar-refractivity contribution in [1.82, 2.24) is 13.7 Å². The number of nitrogens with one attached hydrogen (secondary N) is 2. The van der Waals surface area contributed by atoms with Crippen LogP contribution in [-0.4, -0.2) is 33.6 Å². The summed E-state index contributed by atoms with van der Waals surface area (Å²) in [4.78, 5) is 41.1. The van der Waals surface area contributed by atoms with Crippen LogP contribution in [0.15, 0.2) is 62.3 Å². The van der Waals surface area contributed by atoms with E-state index < -0.39 is 32.8 Å². The number of hydrogen-bond donors (Lipinski definition) is 3. The summed E-state index contributed by atoms with van der Waals surface area (Å²) in [6, 6.07) is 5.56. The van der Waals surface area contributed by atoms with E-state index in [1.807, 2.05) is 6.26 Å². The van der Waals surface area contributed by atoms with Gasteiger partial charge in [-0.25, -0.2) is 14.3 Å². The van der Waals surface area contributed by atoms with Crippen LogP contribution < -0.4 is 32.0 Å². The number of hydrogen-bond acceptors (Lipinski definition) is 7. The first kappa shape index (κ1) is 27.0. The minimum Gasteiger partial charge on any atom is -0.339 e. The molecular formula is C25H27FN6O5S2. The summed E-state index contributed by atoms with van der Waals surface area (Å²) < 4.78 is 44.0. The molecule has 3 aromatic rings. The van der Waals surface area contributed by atoms with Crippen molar-refractivity contribution in [3.05, 3.63) is 84.7 Å². The van der Waals surface area contributed by atoms with E-state index in [0.29, 0.717) is 19.3 Å². The second-order valence-corrected chi connectivity index (χ2v) is 11.9. The zero-order chi connectivity index (χ0) is 28.2. The molecule has 0 radical (unpaired) electrons. The monoisotopic (exact) mass is 574 g/mol. The molecule has 0 saturated heterocycles. The molecule has 2 heterocycles. The average molecular weight is 575 g/mol. The van der Waals surface area contributed by atoms with Crippen LogP contribution in [0.1, 0.15) is 30.9 Å². The van der Waals surface area contributed by atoms with E-state index in [0.717, 1.165) is 4.57 Å². The standard InChI is InChI=1S/C25H27FN6O5S2/c1-13-21-20(22(30(2)23(13)33)28-19-10-9-17(38-3)12-18(19)26)24(34)32(15-7-8-15)25(35)31(21)16-6-4-5-14(11-16)29-39(27,36)37/h4-6,10-12,15,17,28-29H,7-9H2,1-3H3,(H2,27,36,37). The van der Waals surface area contributed by atoms with Gasteiger partial charge < -0.3 is 5.32 Å². The van der Waals surface area contributed by atoms with Crippen molar-refractivity contribution >= 4 is 44.4 Å². The predicted octanol–water partition coefficient (Wildman–Crippen LogP) is 2.39. The van der Waals surface area contributed by atoms with E-state index in [9.17, 15) is 22.8 Å². The molecular weight excluding hydrogens is 547 g/mol. The van der Waals surface area contributed by atoms with E-state index in [4.69, 9.17) is 5.14 Å². The number of thioether (sulfide) groups is 1. The van der Waals surface area contributed by atoms with E-state index in [1.54, 1.807) is 12.1 Å². The van der Waals surface area contributed by atoms with Gasteiger partial charge in [0.05, 0.1) is 22.6 Å². The van der Waals surface area contributed by atoms with Gasteiger partial charge >= 0.3 is 5.69 Å². The van der Waals surface area contributed by atoms with Crippen LogP contribution in [-0.2, 0) is 17.3 Å². The summed E-state index contributed by atoms with van der Waals surface area (Å²) >= 11 is 1.50. The highest BCUT2D eigenvalue weighted by Gasteiger charge is 2.32. The number of pyridine rings is 1. The summed E-state index contributed by atoms with van der Waals surface area (Å²) in [6.07, 6.45) is 6.83. The molecule has 2 aliphatic rings. The van der Waals surface area contributed by atoms with Crippen LogP contribution in [0.25, 0.3) is 16.6 Å². The molecule has 1 fully saturated rings. The Morgan fingerprint density at radius 2 is 1.87 bits per heavy atom. The maximum atomic E-state index is 15.0. The third-order valence-corrected chi connectivity index (χ3v) is 8.27. The fourth-order valence-corrected chi connectivity index (χ4v) is 5.78. The fourth-order valence-electron chi connectivity index (χ4n) is 4.78. The molecule has 0 bridgehead atoms. The molecule has 14 heteroatoms. The zero-order valence-electron chi connectivity index (χ0n) is 21.4. The molecule has 11 nitrogen and oxygen atoms in total. The van der Waals surface area contributed by atoms with Crippen molar-refractivity contribution < 1.29 is 12.8 Å². The molecule has 1 atom stereocenters. The number of allylic oxidation sites excluding steroid dienone is 2. The Balaban J connectivity index is 1.84. The van der Waals surface area contributed by atoms with E-state index in [1.165, 1.54) is 59.1 Å². The Morgan fingerprint density at radius 3 is 2.49 bits per heavy atom. The van der Waals surface area contributed by atoms with Crippen LogP contribution in [0.3, 0.4) is 0 Å². The molecule has 39 heavy (non-hydrogen) atoms. The van der Waals surface area contributed by atoms with Crippen molar-refractivity contribution in [2.24, 2.45) is 12.2 Å². The summed E-state index contributed by atoms with van der Waals surface area (Å²) in [7, 11) is -2.63. The molecule has 5 rings (SSSR count). The Labute approximate surface area is 227 Å². The molecule has 0 amide bonds. The average Bonchev–Trinajstić information content (AvgIpc) is 3.70. The van der Waals surface area contributed by atoms with Crippen molar-refractivity contribution in [3.63, 3.8) is 0 Å². The molecule has 1 aromatic carbocycles. The minimum atomic E-state index is -4.11. The summed E-state index contributed by atoms with van der Waals surface area (Å²) in [5.74, 6) is -0.468. The molecule has 1 unspecified atom stereocenters. The van der Waals surface area contributed by atoms with E-state index in [-0.39, 0.29) is 50.6 Å². The highest BCUT2D eigenvalue weighted by Crippen LogP contribution is 2.34. The Bertz CT molecular complexity index is 1870. The highest BCUT2D eigenvalue weighted by molar-refractivity contribution is 7.99. The maximum absolute atomic E-state index is 15.0. The van der Waals surface area contributed by atoms with Crippen LogP contribution in [0, 0.1) is 6.92 Å². The lowest BCUT2D eigenvalue weighted by molar-refractivity contribution is 0.603. The highest BCUT2D eigenvalue weighted by atomic mass is 32.2. The largest absolute Gasteiger partial charge is 0.339 e. The van der Waals surface area contributed by atoms with Gasteiger partial charge in [-0.2, -0.15) is 20.2 Å². The van der Waals surface area contributed by atoms with Gasteiger partial charge in [0.1, 0.15) is 17.0 Å². The number of anilines is 2. The van der Waals surface area contributed by atoms with Crippen molar-refractivity contribution in [1.29, 1.82) is 0 Å². The van der Waals surface area contributed by atoms with Gasteiger partial charge in [0.2, 0.25) is 0 Å². The number of nitrogens with zero attached hydrogens (tertiary/aromatic N) is 3. The Hall–Kier alpha value is -3.62. The first-order valence-corrected chi connectivity index (χ1v) is 14.9. The lowest BCUT2D eigenvalue weighted by Gasteiger charge is -2.22. The molecule has 4 N–H and O–H groups in total. The third kappa shape index (κ3) is 4.94. The summed E-state index contributed by atoms with van der Waals surface area (Å²) in [6.45, 7) is 1.50. The van der Waals surface area contributed by atoms with E-state index in [2.05, 4.69) is 10.0 Å². The number of halogens is 1. The smallest absolute Gasteiger partial charge is 0.336 e. The van der Waals surface area contributed by atoms with Gasteiger partial charge in [-0.15, -0.1) is 0 Å². The van der Waals surface area contributed by atoms with Gasteiger partial charge in [0, 0.05) is 23.9 Å². The summed E-state index contributed by atoms with van der Waals surface area (Å²) in [5, 5.41) is 8.07. The Morgan fingerprint density at radius 1 is 1.15 bits per heavy atom. The van der Waals surface area contributed by atoms with Crippen LogP contribution >= 0.6 is 11.8 Å². The lowest BCUT2D eigenvalue weighted by Crippen LogP contribution is -2.41. The van der Waals surface area contributed by atoms with Gasteiger partial charge in [-0.3, -0.25) is 28.0 Å². The second kappa shape index (κ2) is 9.84. The van der Waals surface area contributed by atoms with Crippen molar-refractivity contribution in [3.8, 4) is 5.69 Å². The van der Waals surface area contributed by atoms with Gasteiger partial charge in [-0.1, -0.05) is 12.1 Å². The van der Waals surface area contributed by atoms with Crippen LogP contribution in [0.4, 0.5) is 15.9 Å².